The van der Waals surface area contributed by atoms with Crippen molar-refractivity contribution in [1.82, 2.24) is 10.6 Å². The number of hydrogen-bond donors (Lipinski definition) is 2. The van der Waals surface area contributed by atoms with Crippen LogP contribution >= 0.6 is 0 Å². The van der Waals surface area contributed by atoms with E-state index in [2.05, 4.69) is 17.6 Å². The Kier molecular flexibility index (Phi) is 15.2. The largest absolute Gasteiger partial charge is 0.356 e. The normalized spacial score (nSPS) is 15.4. The van der Waals surface area contributed by atoms with Crippen LogP contribution in [0.15, 0.2) is 0 Å². The van der Waals surface area contributed by atoms with Gasteiger partial charge in [-0.2, -0.15) is 0 Å². The highest BCUT2D eigenvalue weighted by Gasteiger charge is 2.19. The van der Waals surface area contributed by atoms with Crippen LogP contribution in [0.3, 0.4) is 0 Å². The topological polar surface area (TPSA) is 41.1 Å². The van der Waals surface area contributed by atoms with Gasteiger partial charge in [0.15, 0.2) is 0 Å². The molecule has 0 aromatic heterocycles. The minimum atomic E-state index is 0.257. The zero-order valence-corrected chi connectivity index (χ0v) is 16.9. The highest BCUT2D eigenvalue weighted by atomic mass is 16.1. The summed E-state index contributed by atoms with van der Waals surface area (Å²) in [5.41, 5.74) is 0. The molecule has 0 bridgehead atoms. The Morgan fingerprint density at radius 3 is 1.68 bits per heavy atom. The SMILES string of the molecule is CCCCCCCCCCCCCCCCNC(=O)C1CCNCC1. The standard InChI is InChI=1S/C22H44N2O/c1-2-3-4-5-6-7-8-9-10-11-12-13-14-15-18-24-22(25)21-16-19-23-20-17-21/h21,23H,2-20H2,1H3,(H,24,25). The molecule has 0 atom stereocenters. The molecule has 3 heteroatoms. The first-order valence-electron chi connectivity index (χ1n) is 11.3. The van der Waals surface area contributed by atoms with Crippen molar-refractivity contribution in [2.75, 3.05) is 19.6 Å². The molecule has 148 valence electrons. The fraction of sp³-hybridized carbons (Fsp3) is 0.955. The van der Waals surface area contributed by atoms with Crippen molar-refractivity contribution in [2.24, 2.45) is 5.92 Å². The third-order valence-corrected chi connectivity index (χ3v) is 5.54. The summed E-state index contributed by atoms with van der Waals surface area (Å²) in [6.07, 6.45) is 21.4. The van der Waals surface area contributed by atoms with Gasteiger partial charge >= 0.3 is 0 Å². The van der Waals surface area contributed by atoms with Crippen molar-refractivity contribution in [3.8, 4) is 0 Å². The van der Waals surface area contributed by atoms with E-state index in [4.69, 9.17) is 0 Å². The minimum absolute atomic E-state index is 0.257. The Morgan fingerprint density at radius 1 is 0.760 bits per heavy atom. The predicted octanol–water partition coefficient (Wildman–Crippen LogP) is 5.58. The molecular formula is C22H44N2O. The molecule has 0 radical (unpaired) electrons. The van der Waals surface area contributed by atoms with Gasteiger partial charge in [-0.15, -0.1) is 0 Å². The van der Waals surface area contributed by atoms with Crippen LogP contribution in [0.25, 0.3) is 0 Å². The number of piperidine rings is 1. The second-order valence-corrected chi connectivity index (χ2v) is 7.91. The summed E-state index contributed by atoms with van der Waals surface area (Å²) >= 11 is 0. The van der Waals surface area contributed by atoms with Crippen LogP contribution in [-0.2, 0) is 4.79 Å². The van der Waals surface area contributed by atoms with E-state index < -0.39 is 0 Å². The number of carbonyl (C=O) groups excluding carboxylic acids is 1. The fourth-order valence-electron chi connectivity index (χ4n) is 3.76. The zero-order chi connectivity index (χ0) is 18.0. The Balaban J connectivity index is 1.73. The average molecular weight is 353 g/mol. The van der Waals surface area contributed by atoms with Gasteiger partial charge in [0, 0.05) is 12.5 Å². The number of nitrogens with one attached hydrogen (secondary N) is 2. The van der Waals surface area contributed by atoms with E-state index in [9.17, 15) is 4.79 Å². The quantitative estimate of drug-likeness (QED) is 0.356. The van der Waals surface area contributed by atoms with Crippen LogP contribution in [0.5, 0.6) is 0 Å². The maximum absolute atomic E-state index is 12.0. The Morgan fingerprint density at radius 2 is 1.20 bits per heavy atom. The van der Waals surface area contributed by atoms with Gasteiger partial charge in [0.2, 0.25) is 5.91 Å². The number of rotatable bonds is 16. The number of carbonyl (C=O) groups is 1. The molecule has 25 heavy (non-hydrogen) atoms. The summed E-state index contributed by atoms with van der Waals surface area (Å²) in [5.74, 6) is 0.545. The third kappa shape index (κ3) is 13.3. The van der Waals surface area contributed by atoms with Gasteiger partial charge in [0.25, 0.3) is 0 Å². The van der Waals surface area contributed by atoms with Crippen LogP contribution in [0.4, 0.5) is 0 Å². The summed E-state index contributed by atoms with van der Waals surface area (Å²) in [7, 11) is 0. The van der Waals surface area contributed by atoms with Crippen LogP contribution in [-0.4, -0.2) is 25.5 Å². The monoisotopic (exact) mass is 352 g/mol. The van der Waals surface area contributed by atoms with Crippen LogP contribution < -0.4 is 10.6 Å². The molecule has 0 spiro atoms. The highest BCUT2D eigenvalue weighted by Crippen LogP contribution is 2.13. The second kappa shape index (κ2) is 16.9. The molecule has 0 saturated carbocycles. The fourth-order valence-corrected chi connectivity index (χ4v) is 3.76. The molecule has 1 saturated heterocycles. The number of unbranched alkanes of at least 4 members (excludes halogenated alkanes) is 13. The van der Waals surface area contributed by atoms with E-state index >= 15 is 0 Å². The molecular weight excluding hydrogens is 308 g/mol. The van der Waals surface area contributed by atoms with Crippen molar-refractivity contribution < 1.29 is 4.79 Å². The minimum Gasteiger partial charge on any atom is -0.356 e. The van der Waals surface area contributed by atoms with Gasteiger partial charge in [-0.1, -0.05) is 90.4 Å². The summed E-state index contributed by atoms with van der Waals surface area (Å²) in [5, 5.41) is 6.44. The molecule has 3 nitrogen and oxygen atoms in total. The highest BCUT2D eigenvalue weighted by molar-refractivity contribution is 5.78. The number of hydrogen-bond acceptors (Lipinski definition) is 2. The average Bonchev–Trinajstić information content (AvgIpc) is 2.65. The van der Waals surface area contributed by atoms with Crippen molar-refractivity contribution in [1.29, 1.82) is 0 Å². The summed E-state index contributed by atoms with van der Waals surface area (Å²) < 4.78 is 0. The van der Waals surface area contributed by atoms with Gasteiger partial charge in [0.05, 0.1) is 0 Å². The molecule has 1 rings (SSSR count). The van der Waals surface area contributed by atoms with E-state index in [0.29, 0.717) is 0 Å². The first-order valence-corrected chi connectivity index (χ1v) is 11.3. The lowest BCUT2D eigenvalue weighted by Crippen LogP contribution is -2.38. The van der Waals surface area contributed by atoms with Crippen LogP contribution in [0, 0.1) is 5.92 Å². The van der Waals surface area contributed by atoms with Gasteiger partial charge in [-0.05, 0) is 32.4 Å². The molecule has 1 fully saturated rings. The first kappa shape index (κ1) is 22.5. The molecule has 1 amide bonds. The third-order valence-electron chi connectivity index (χ3n) is 5.54. The van der Waals surface area contributed by atoms with E-state index in [1.807, 2.05) is 0 Å². The molecule has 1 heterocycles. The lowest BCUT2D eigenvalue weighted by Gasteiger charge is -2.21. The van der Waals surface area contributed by atoms with E-state index in [-0.39, 0.29) is 11.8 Å². The Labute approximate surface area is 157 Å². The summed E-state index contributed by atoms with van der Waals surface area (Å²) in [6, 6.07) is 0. The Hall–Kier alpha value is -0.570. The van der Waals surface area contributed by atoms with Crippen LogP contribution in [0.1, 0.15) is 110 Å². The molecule has 1 aliphatic heterocycles. The van der Waals surface area contributed by atoms with Crippen molar-refractivity contribution in [3.05, 3.63) is 0 Å². The number of amides is 1. The van der Waals surface area contributed by atoms with Crippen molar-refractivity contribution in [3.63, 3.8) is 0 Å². The van der Waals surface area contributed by atoms with Crippen molar-refractivity contribution in [2.45, 2.75) is 110 Å². The van der Waals surface area contributed by atoms with Crippen molar-refractivity contribution >= 4 is 5.91 Å². The van der Waals surface area contributed by atoms with Crippen LogP contribution in [0.2, 0.25) is 0 Å². The second-order valence-electron chi connectivity index (χ2n) is 7.91. The zero-order valence-electron chi connectivity index (χ0n) is 16.9. The van der Waals surface area contributed by atoms with Gasteiger partial charge in [-0.3, -0.25) is 4.79 Å². The smallest absolute Gasteiger partial charge is 0.223 e. The molecule has 1 aliphatic rings. The molecule has 0 aromatic carbocycles. The van der Waals surface area contributed by atoms with Gasteiger partial charge in [-0.25, -0.2) is 0 Å². The lowest BCUT2D eigenvalue weighted by molar-refractivity contribution is -0.125. The molecule has 0 aliphatic carbocycles. The summed E-state index contributed by atoms with van der Waals surface area (Å²) in [4.78, 5) is 12.0. The van der Waals surface area contributed by atoms with Gasteiger partial charge in [0.1, 0.15) is 0 Å². The molecule has 0 unspecified atom stereocenters. The van der Waals surface area contributed by atoms with E-state index in [1.54, 1.807) is 0 Å². The first-order chi connectivity index (χ1) is 12.3. The maximum atomic E-state index is 12.0. The molecule has 2 N–H and O–H groups in total. The maximum Gasteiger partial charge on any atom is 0.223 e. The van der Waals surface area contributed by atoms with Gasteiger partial charge < -0.3 is 10.6 Å². The summed E-state index contributed by atoms with van der Waals surface area (Å²) in [6.45, 7) is 5.15. The van der Waals surface area contributed by atoms with E-state index in [0.717, 1.165) is 38.9 Å². The van der Waals surface area contributed by atoms with E-state index in [1.165, 1.54) is 83.5 Å². The molecule has 0 aromatic rings. The Bertz CT molecular complexity index is 300. The lowest BCUT2D eigenvalue weighted by atomic mass is 9.97. The predicted molar refractivity (Wildman–Crippen MR) is 109 cm³/mol.